The number of likely N-dealkylation sites (N-methyl/N-ethyl adjacent to an activating group) is 1. The second-order valence-electron chi connectivity index (χ2n) is 6.57. The Kier molecular flexibility index (Phi) is 5.30. The number of methoxy groups -OCH3 is 1. The van der Waals surface area contributed by atoms with Gasteiger partial charge in [0.1, 0.15) is 5.75 Å². The summed E-state index contributed by atoms with van der Waals surface area (Å²) in [6.07, 6.45) is 0.910. The molecule has 0 unspecified atom stereocenters. The Hall–Kier alpha value is -2.04. The highest BCUT2D eigenvalue weighted by molar-refractivity contribution is 6.30. The lowest BCUT2D eigenvalue weighted by molar-refractivity contribution is -0.119. The van der Waals surface area contributed by atoms with E-state index in [-0.39, 0.29) is 11.9 Å². The van der Waals surface area contributed by atoms with E-state index in [1.54, 1.807) is 13.2 Å². The standard InChI is InChI=1S/C20H23ClN2O2/c1-14-10-15-6-4-5-7-18(15)23(14)20(24)13-22(2)12-16-11-17(21)8-9-19(16)25-3/h4-9,11,14H,10,12-13H2,1-3H3/t14-/m0/s1. The van der Waals surface area contributed by atoms with Crippen molar-refractivity contribution >= 4 is 23.2 Å². The van der Waals surface area contributed by atoms with Crippen molar-refractivity contribution in [2.45, 2.75) is 25.9 Å². The Bertz CT molecular complexity index is 778. The molecule has 0 bridgehead atoms. The van der Waals surface area contributed by atoms with Crippen molar-refractivity contribution in [1.29, 1.82) is 0 Å². The highest BCUT2D eigenvalue weighted by Gasteiger charge is 2.30. The molecule has 0 saturated carbocycles. The van der Waals surface area contributed by atoms with Gasteiger partial charge < -0.3 is 9.64 Å². The molecule has 1 aliphatic heterocycles. The van der Waals surface area contributed by atoms with Crippen LogP contribution in [-0.2, 0) is 17.8 Å². The van der Waals surface area contributed by atoms with Crippen molar-refractivity contribution in [1.82, 2.24) is 4.90 Å². The fraction of sp³-hybridized carbons (Fsp3) is 0.350. The van der Waals surface area contributed by atoms with Crippen LogP contribution in [0.5, 0.6) is 5.75 Å². The number of amides is 1. The Morgan fingerprint density at radius 3 is 2.84 bits per heavy atom. The lowest BCUT2D eigenvalue weighted by atomic mass is 10.1. The zero-order chi connectivity index (χ0) is 18.0. The van der Waals surface area contributed by atoms with E-state index in [9.17, 15) is 4.79 Å². The molecule has 1 aliphatic rings. The molecule has 0 aliphatic carbocycles. The Balaban J connectivity index is 1.70. The quantitative estimate of drug-likeness (QED) is 0.815. The summed E-state index contributed by atoms with van der Waals surface area (Å²) in [5.74, 6) is 0.893. The van der Waals surface area contributed by atoms with Gasteiger partial charge in [0, 0.05) is 28.9 Å². The molecule has 132 valence electrons. The molecule has 0 fully saturated rings. The second-order valence-corrected chi connectivity index (χ2v) is 7.01. The van der Waals surface area contributed by atoms with Crippen LogP contribution in [0.15, 0.2) is 42.5 Å². The number of hydrogen-bond acceptors (Lipinski definition) is 3. The molecule has 0 spiro atoms. The third-order valence-corrected chi connectivity index (χ3v) is 4.80. The average Bonchev–Trinajstić information content (AvgIpc) is 2.90. The van der Waals surface area contributed by atoms with Gasteiger partial charge in [0.25, 0.3) is 0 Å². The van der Waals surface area contributed by atoms with Crippen molar-refractivity contribution in [3.05, 3.63) is 58.6 Å². The predicted molar refractivity (Wildman–Crippen MR) is 101 cm³/mol. The largest absolute Gasteiger partial charge is 0.496 e. The summed E-state index contributed by atoms with van der Waals surface area (Å²) in [4.78, 5) is 16.8. The molecular weight excluding hydrogens is 336 g/mol. The molecule has 25 heavy (non-hydrogen) atoms. The number of carbonyl (C=O) groups is 1. The van der Waals surface area contributed by atoms with Gasteiger partial charge in [-0.3, -0.25) is 9.69 Å². The van der Waals surface area contributed by atoms with E-state index < -0.39 is 0 Å². The van der Waals surface area contributed by atoms with E-state index in [0.29, 0.717) is 18.1 Å². The zero-order valence-corrected chi connectivity index (χ0v) is 15.6. The number of para-hydroxylation sites is 1. The maximum absolute atomic E-state index is 12.9. The monoisotopic (exact) mass is 358 g/mol. The first-order valence-corrected chi connectivity index (χ1v) is 8.78. The van der Waals surface area contributed by atoms with Gasteiger partial charge >= 0.3 is 0 Å². The number of benzene rings is 2. The van der Waals surface area contributed by atoms with E-state index in [0.717, 1.165) is 23.4 Å². The van der Waals surface area contributed by atoms with Crippen molar-refractivity contribution in [2.75, 3.05) is 25.6 Å². The van der Waals surface area contributed by atoms with Crippen LogP contribution in [0.2, 0.25) is 5.02 Å². The van der Waals surface area contributed by atoms with E-state index in [1.165, 1.54) is 5.56 Å². The van der Waals surface area contributed by atoms with Crippen molar-refractivity contribution in [3.63, 3.8) is 0 Å². The second kappa shape index (κ2) is 7.46. The van der Waals surface area contributed by atoms with E-state index in [4.69, 9.17) is 16.3 Å². The minimum absolute atomic E-state index is 0.112. The lowest BCUT2D eigenvalue weighted by Crippen LogP contribution is -2.42. The van der Waals surface area contributed by atoms with Gasteiger partial charge in [-0.05, 0) is 50.2 Å². The number of anilines is 1. The fourth-order valence-corrected chi connectivity index (χ4v) is 3.66. The summed E-state index contributed by atoms with van der Waals surface area (Å²) in [6, 6.07) is 13.9. The van der Waals surface area contributed by atoms with Gasteiger partial charge in [0.05, 0.1) is 13.7 Å². The highest BCUT2D eigenvalue weighted by atomic mass is 35.5. The predicted octanol–water partition coefficient (Wildman–Crippen LogP) is 3.76. The summed E-state index contributed by atoms with van der Waals surface area (Å²) < 4.78 is 5.39. The van der Waals surface area contributed by atoms with Crippen LogP contribution < -0.4 is 9.64 Å². The van der Waals surface area contributed by atoms with Crippen molar-refractivity contribution in [3.8, 4) is 5.75 Å². The first-order chi connectivity index (χ1) is 12.0. The van der Waals surface area contributed by atoms with Crippen molar-refractivity contribution in [2.24, 2.45) is 0 Å². The molecule has 0 radical (unpaired) electrons. The van der Waals surface area contributed by atoms with Crippen LogP contribution in [0.1, 0.15) is 18.1 Å². The number of nitrogens with zero attached hydrogens (tertiary/aromatic N) is 2. The molecule has 0 N–H and O–H groups in total. The number of carbonyl (C=O) groups excluding carboxylic acids is 1. The Labute approximate surface area is 154 Å². The smallest absolute Gasteiger partial charge is 0.241 e. The SMILES string of the molecule is COc1ccc(Cl)cc1CN(C)CC(=O)N1c2ccccc2C[C@@H]1C. The van der Waals surface area contributed by atoms with E-state index in [2.05, 4.69) is 13.0 Å². The average molecular weight is 359 g/mol. The van der Waals surface area contributed by atoms with Gasteiger partial charge in [-0.15, -0.1) is 0 Å². The van der Waals surface area contributed by atoms with Crippen LogP contribution in [0.3, 0.4) is 0 Å². The maximum atomic E-state index is 12.9. The molecule has 0 aromatic heterocycles. The topological polar surface area (TPSA) is 32.8 Å². The van der Waals surface area contributed by atoms with Gasteiger partial charge in [-0.1, -0.05) is 29.8 Å². The molecule has 2 aromatic carbocycles. The Morgan fingerprint density at radius 2 is 2.08 bits per heavy atom. The van der Waals surface area contributed by atoms with E-state index >= 15 is 0 Å². The molecule has 1 amide bonds. The minimum atomic E-state index is 0.112. The van der Waals surface area contributed by atoms with Gasteiger partial charge in [0.15, 0.2) is 0 Å². The number of ether oxygens (including phenoxy) is 1. The summed E-state index contributed by atoms with van der Waals surface area (Å²) in [5.41, 5.74) is 3.25. The third-order valence-electron chi connectivity index (χ3n) is 4.56. The highest BCUT2D eigenvalue weighted by Crippen LogP contribution is 2.32. The minimum Gasteiger partial charge on any atom is -0.496 e. The summed E-state index contributed by atoms with van der Waals surface area (Å²) in [6.45, 7) is 3.03. The van der Waals surface area contributed by atoms with E-state index in [1.807, 2.05) is 47.2 Å². The molecule has 2 aromatic rings. The molecule has 1 atom stereocenters. The first kappa shape index (κ1) is 17.8. The van der Waals surface area contributed by atoms with Crippen LogP contribution in [-0.4, -0.2) is 37.6 Å². The zero-order valence-electron chi connectivity index (χ0n) is 14.8. The number of halogens is 1. The molecule has 5 heteroatoms. The lowest BCUT2D eigenvalue weighted by Gasteiger charge is -2.26. The summed E-state index contributed by atoms with van der Waals surface area (Å²) in [5, 5.41) is 0.664. The first-order valence-electron chi connectivity index (χ1n) is 8.40. The molecular formula is C20H23ClN2O2. The van der Waals surface area contributed by atoms with Crippen LogP contribution in [0, 0.1) is 0 Å². The molecule has 0 saturated heterocycles. The van der Waals surface area contributed by atoms with Crippen LogP contribution in [0.4, 0.5) is 5.69 Å². The molecule has 1 heterocycles. The van der Waals surface area contributed by atoms with Crippen LogP contribution in [0.25, 0.3) is 0 Å². The number of fused-ring (bicyclic) bond motifs is 1. The number of rotatable bonds is 5. The molecule has 4 nitrogen and oxygen atoms in total. The summed E-state index contributed by atoms with van der Waals surface area (Å²) in [7, 11) is 3.58. The van der Waals surface area contributed by atoms with Gasteiger partial charge in [-0.25, -0.2) is 0 Å². The number of hydrogen-bond donors (Lipinski definition) is 0. The molecule has 3 rings (SSSR count). The maximum Gasteiger partial charge on any atom is 0.241 e. The normalized spacial score (nSPS) is 16.2. The van der Waals surface area contributed by atoms with Crippen LogP contribution >= 0.6 is 11.6 Å². The van der Waals surface area contributed by atoms with Crippen molar-refractivity contribution < 1.29 is 9.53 Å². The summed E-state index contributed by atoms with van der Waals surface area (Å²) >= 11 is 6.09. The van der Waals surface area contributed by atoms with Gasteiger partial charge in [-0.2, -0.15) is 0 Å². The van der Waals surface area contributed by atoms with Gasteiger partial charge in [0.2, 0.25) is 5.91 Å². The fourth-order valence-electron chi connectivity index (χ4n) is 3.47. The Morgan fingerprint density at radius 1 is 1.32 bits per heavy atom. The third kappa shape index (κ3) is 3.80.